The second-order valence-corrected chi connectivity index (χ2v) is 4.34. The molecule has 0 aromatic carbocycles. The van der Waals surface area contributed by atoms with Crippen LogP contribution in [0.1, 0.15) is 13.3 Å². The smallest absolute Gasteiger partial charge is 0.438 e. The quantitative estimate of drug-likeness (QED) is 0.455. The van der Waals surface area contributed by atoms with Gasteiger partial charge in [0.15, 0.2) is 0 Å². The van der Waals surface area contributed by atoms with Crippen LogP contribution in [-0.4, -0.2) is 33.2 Å². The average Bonchev–Trinajstić information content (AvgIpc) is 2.24. The molecule has 0 aromatic rings. The Kier molecular flexibility index (Phi) is 2.77. The number of hydrogen-bond acceptors (Lipinski definition) is 6. The molecule has 1 fully saturated rings. The van der Waals surface area contributed by atoms with Gasteiger partial charge in [-0.15, -0.1) is 0 Å². The fraction of sp³-hybridized carbons (Fsp3) is 0.833. The van der Waals surface area contributed by atoms with Crippen LogP contribution in [0.15, 0.2) is 0 Å². The van der Waals surface area contributed by atoms with E-state index < -0.39 is 27.8 Å². The van der Waals surface area contributed by atoms with Crippen LogP contribution in [0.25, 0.3) is 0 Å². The van der Waals surface area contributed by atoms with Crippen LogP contribution in [0.2, 0.25) is 0 Å². The Morgan fingerprint density at radius 2 is 2.15 bits per heavy atom. The van der Waals surface area contributed by atoms with E-state index in [1.54, 1.807) is 6.92 Å². The minimum atomic E-state index is -3.76. The molecule has 1 aliphatic rings. The topological polar surface area (TPSA) is 78.9 Å². The third-order valence-corrected chi connectivity index (χ3v) is 3.07. The van der Waals surface area contributed by atoms with Crippen molar-refractivity contribution in [3.8, 4) is 0 Å². The molecule has 6 nitrogen and oxygen atoms in total. The molecule has 0 aliphatic carbocycles. The van der Waals surface area contributed by atoms with Crippen molar-refractivity contribution in [3.63, 3.8) is 0 Å². The molecule has 7 heteroatoms. The first-order valence-electron chi connectivity index (χ1n) is 3.62. The van der Waals surface area contributed by atoms with E-state index in [2.05, 4.69) is 13.7 Å². The Balaban J connectivity index is 2.66. The summed E-state index contributed by atoms with van der Waals surface area (Å²) in [6.45, 7) is 1.58. The van der Waals surface area contributed by atoms with Gasteiger partial charge in [-0.3, -0.25) is 4.18 Å². The van der Waals surface area contributed by atoms with Crippen molar-refractivity contribution in [2.75, 3.05) is 7.11 Å². The van der Waals surface area contributed by atoms with Gasteiger partial charge in [-0.2, -0.15) is 8.42 Å². The van der Waals surface area contributed by atoms with Crippen LogP contribution in [-0.2, 0) is 23.8 Å². The lowest BCUT2D eigenvalue weighted by Gasteiger charge is -2.07. The van der Waals surface area contributed by atoms with Crippen LogP contribution in [0, 0.1) is 0 Å². The molecule has 0 bridgehead atoms. The van der Waals surface area contributed by atoms with Crippen molar-refractivity contribution in [3.05, 3.63) is 0 Å². The molecular formula is C6H10O6S. The molecule has 2 atom stereocenters. The van der Waals surface area contributed by atoms with E-state index in [-0.39, 0.29) is 6.42 Å². The highest BCUT2D eigenvalue weighted by molar-refractivity contribution is 7.87. The minimum Gasteiger partial charge on any atom is -0.438 e. The number of rotatable bonds is 1. The van der Waals surface area contributed by atoms with E-state index in [4.69, 9.17) is 0 Å². The highest BCUT2D eigenvalue weighted by atomic mass is 32.2. The van der Waals surface area contributed by atoms with Gasteiger partial charge in [0.2, 0.25) is 5.44 Å². The summed E-state index contributed by atoms with van der Waals surface area (Å²) in [6, 6.07) is 0. The van der Waals surface area contributed by atoms with Gasteiger partial charge in [0.1, 0.15) is 0 Å². The van der Waals surface area contributed by atoms with Gasteiger partial charge in [0.25, 0.3) is 0 Å². The molecule has 0 spiro atoms. The van der Waals surface area contributed by atoms with Gasteiger partial charge in [-0.1, -0.05) is 0 Å². The van der Waals surface area contributed by atoms with Crippen molar-refractivity contribution in [1.29, 1.82) is 0 Å². The van der Waals surface area contributed by atoms with E-state index in [9.17, 15) is 13.2 Å². The predicted molar refractivity (Wildman–Crippen MR) is 41.4 cm³/mol. The zero-order valence-corrected chi connectivity index (χ0v) is 8.04. The summed E-state index contributed by atoms with van der Waals surface area (Å²) in [6.07, 6.45) is -1.34. The zero-order valence-electron chi connectivity index (χ0n) is 7.22. The summed E-state index contributed by atoms with van der Waals surface area (Å²) in [7, 11) is -2.66. The second kappa shape index (κ2) is 3.51. The molecule has 1 heterocycles. The molecule has 0 saturated carbocycles. The van der Waals surface area contributed by atoms with Crippen LogP contribution in [0.5, 0.6) is 0 Å². The van der Waals surface area contributed by atoms with Crippen molar-refractivity contribution >= 4 is 16.3 Å². The SMILES string of the molecule is COC(=O)OC1CC(C)OS1(=O)=O. The molecule has 1 aliphatic heterocycles. The lowest BCUT2D eigenvalue weighted by molar-refractivity contribution is 0.0603. The molecule has 2 unspecified atom stereocenters. The molecule has 1 rings (SSSR count). The maximum absolute atomic E-state index is 11.1. The molecule has 1 saturated heterocycles. The van der Waals surface area contributed by atoms with E-state index in [1.165, 1.54) is 0 Å². The third kappa shape index (κ3) is 2.31. The molecule has 76 valence electrons. The normalized spacial score (nSPS) is 31.2. The van der Waals surface area contributed by atoms with Gasteiger partial charge in [-0.05, 0) is 6.92 Å². The van der Waals surface area contributed by atoms with Crippen LogP contribution >= 0.6 is 0 Å². The summed E-state index contributed by atoms with van der Waals surface area (Å²) < 4.78 is 35.3. The Bertz CT molecular complexity index is 294. The van der Waals surface area contributed by atoms with Crippen LogP contribution < -0.4 is 0 Å². The Morgan fingerprint density at radius 3 is 2.54 bits per heavy atom. The van der Waals surface area contributed by atoms with Gasteiger partial charge < -0.3 is 9.47 Å². The van der Waals surface area contributed by atoms with Crippen LogP contribution in [0.4, 0.5) is 4.79 Å². The van der Waals surface area contributed by atoms with E-state index in [0.29, 0.717) is 0 Å². The number of carbonyl (C=O) groups is 1. The molecule has 0 radical (unpaired) electrons. The Morgan fingerprint density at radius 1 is 1.54 bits per heavy atom. The largest absolute Gasteiger partial charge is 0.509 e. The first-order valence-corrected chi connectivity index (χ1v) is 5.09. The first kappa shape index (κ1) is 10.3. The minimum absolute atomic E-state index is 0.136. The second-order valence-electron chi connectivity index (χ2n) is 2.64. The van der Waals surface area contributed by atoms with Gasteiger partial charge in [-0.25, -0.2) is 4.79 Å². The van der Waals surface area contributed by atoms with E-state index >= 15 is 0 Å². The van der Waals surface area contributed by atoms with E-state index in [1.807, 2.05) is 0 Å². The van der Waals surface area contributed by atoms with Gasteiger partial charge in [0, 0.05) is 6.42 Å². The lowest BCUT2D eigenvalue weighted by Crippen LogP contribution is -2.22. The number of carbonyl (C=O) groups excluding carboxylic acids is 1. The number of hydrogen-bond donors (Lipinski definition) is 0. The fourth-order valence-corrected chi connectivity index (χ4v) is 2.35. The maximum Gasteiger partial charge on any atom is 0.509 e. The maximum atomic E-state index is 11.1. The Hall–Kier alpha value is -0.820. The standard InChI is InChI=1S/C6H10O6S/c1-4-3-5(11-6(7)10-2)13(8,9)12-4/h4-5H,3H2,1-2H3. The fourth-order valence-electron chi connectivity index (χ4n) is 0.982. The molecule has 13 heavy (non-hydrogen) atoms. The highest BCUT2D eigenvalue weighted by Gasteiger charge is 2.40. The summed E-state index contributed by atoms with van der Waals surface area (Å²) >= 11 is 0. The molecule has 0 amide bonds. The van der Waals surface area contributed by atoms with Gasteiger partial charge in [0.05, 0.1) is 13.2 Å². The molecule has 0 aromatic heterocycles. The van der Waals surface area contributed by atoms with Crippen molar-refractivity contribution in [2.24, 2.45) is 0 Å². The van der Waals surface area contributed by atoms with Crippen molar-refractivity contribution in [2.45, 2.75) is 24.9 Å². The summed E-state index contributed by atoms with van der Waals surface area (Å²) in [4.78, 5) is 10.6. The van der Waals surface area contributed by atoms with Crippen molar-refractivity contribution in [1.82, 2.24) is 0 Å². The van der Waals surface area contributed by atoms with Crippen molar-refractivity contribution < 1.29 is 26.9 Å². The highest BCUT2D eigenvalue weighted by Crippen LogP contribution is 2.24. The Labute approximate surface area is 75.9 Å². The number of methoxy groups -OCH3 is 1. The third-order valence-electron chi connectivity index (χ3n) is 1.54. The molecule has 0 N–H and O–H groups in total. The van der Waals surface area contributed by atoms with Crippen LogP contribution in [0.3, 0.4) is 0 Å². The van der Waals surface area contributed by atoms with Gasteiger partial charge >= 0.3 is 16.3 Å². The average molecular weight is 210 g/mol. The monoisotopic (exact) mass is 210 g/mol. The predicted octanol–water partition coefficient (Wildman–Crippen LogP) is 0.234. The molecular weight excluding hydrogens is 200 g/mol. The summed E-state index contributed by atoms with van der Waals surface area (Å²) in [5, 5.41) is 0. The summed E-state index contributed by atoms with van der Waals surface area (Å²) in [5.41, 5.74) is -1.24. The lowest BCUT2D eigenvalue weighted by atomic mass is 10.3. The summed E-state index contributed by atoms with van der Waals surface area (Å²) in [5.74, 6) is 0. The zero-order chi connectivity index (χ0) is 10.1. The number of ether oxygens (including phenoxy) is 2. The van der Waals surface area contributed by atoms with E-state index in [0.717, 1.165) is 7.11 Å². The first-order chi connectivity index (χ1) is 5.95.